The molecule has 0 spiro atoms. The standard InChI is InChI=1S/C14H20FNO2/c1-9-7-16(8-10(2)18-9)13-6-4-5-12(15)14(13)11(3)17/h4-6,9-11,17H,7-8H2,1-3H3/t9?,10?,11-/m1/s1. The molecule has 1 aliphatic rings. The monoisotopic (exact) mass is 253 g/mol. The fraction of sp³-hybridized carbons (Fsp3) is 0.571. The second kappa shape index (κ2) is 5.24. The molecule has 3 nitrogen and oxygen atoms in total. The number of nitrogens with zero attached hydrogens (tertiary/aromatic N) is 1. The van der Waals surface area contributed by atoms with E-state index in [9.17, 15) is 9.50 Å². The van der Waals surface area contributed by atoms with E-state index in [-0.39, 0.29) is 18.0 Å². The molecule has 0 amide bonds. The molecule has 1 saturated heterocycles. The number of aliphatic hydroxyl groups excluding tert-OH is 1. The lowest BCUT2D eigenvalue weighted by Crippen LogP contribution is -2.46. The predicted molar refractivity (Wildman–Crippen MR) is 69.3 cm³/mol. The van der Waals surface area contributed by atoms with Crippen molar-refractivity contribution in [3.05, 3.63) is 29.6 Å². The number of rotatable bonds is 2. The van der Waals surface area contributed by atoms with E-state index in [1.807, 2.05) is 19.9 Å². The van der Waals surface area contributed by atoms with Gasteiger partial charge in [0.25, 0.3) is 0 Å². The van der Waals surface area contributed by atoms with Gasteiger partial charge in [-0.2, -0.15) is 0 Å². The van der Waals surface area contributed by atoms with Crippen LogP contribution in [0.3, 0.4) is 0 Å². The Kier molecular flexibility index (Phi) is 3.88. The minimum absolute atomic E-state index is 0.110. The quantitative estimate of drug-likeness (QED) is 0.879. The number of halogens is 1. The summed E-state index contributed by atoms with van der Waals surface area (Å²) in [5.41, 5.74) is 1.14. The van der Waals surface area contributed by atoms with E-state index < -0.39 is 6.10 Å². The van der Waals surface area contributed by atoms with Crippen molar-refractivity contribution in [1.29, 1.82) is 0 Å². The van der Waals surface area contributed by atoms with E-state index in [2.05, 4.69) is 4.90 Å². The van der Waals surface area contributed by atoms with Crippen molar-refractivity contribution in [3.63, 3.8) is 0 Å². The summed E-state index contributed by atoms with van der Waals surface area (Å²) in [6, 6.07) is 4.93. The fourth-order valence-corrected chi connectivity index (χ4v) is 2.59. The number of aliphatic hydroxyl groups is 1. The number of hydrogen-bond donors (Lipinski definition) is 1. The van der Waals surface area contributed by atoms with E-state index >= 15 is 0 Å². The van der Waals surface area contributed by atoms with E-state index in [0.717, 1.165) is 5.69 Å². The molecular formula is C14H20FNO2. The van der Waals surface area contributed by atoms with Gasteiger partial charge >= 0.3 is 0 Å². The SMILES string of the molecule is CC1CN(c2cccc(F)c2[C@@H](C)O)CC(C)O1. The van der Waals surface area contributed by atoms with Crippen LogP contribution >= 0.6 is 0 Å². The molecule has 0 aromatic heterocycles. The molecule has 0 bridgehead atoms. The molecule has 0 saturated carbocycles. The maximum atomic E-state index is 13.8. The Labute approximate surface area is 107 Å². The number of hydrogen-bond acceptors (Lipinski definition) is 3. The highest BCUT2D eigenvalue weighted by molar-refractivity contribution is 5.55. The molecule has 0 radical (unpaired) electrons. The Morgan fingerprint density at radius 2 is 1.94 bits per heavy atom. The normalized spacial score (nSPS) is 26.2. The van der Waals surface area contributed by atoms with Crippen LogP contribution < -0.4 is 4.90 Å². The summed E-state index contributed by atoms with van der Waals surface area (Å²) in [4.78, 5) is 2.09. The zero-order valence-corrected chi connectivity index (χ0v) is 11.1. The lowest BCUT2D eigenvalue weighted by Gasteiger charge is -2.38. The number of ether oxygens (including phenoxy) is 1. The van der Waals surface area contributed by atoms with Crippen molar-refractivity contribution in [1.82, 2.24) is 0 Å². The molecule has 1 heterocycles. The molecule has 4 heteroatoms. The first-order chi connectivity index (χ1) is 8.49. The maximum absolute atomic E-state index is 13.8. The lowest BCUT2D eigenvalue weighted by molar-refractivity contribution is -0.00541. The highest BCUT2D eigenvalue weighted by Crippen LogP contribution is 2.30. The van der Waals surface area contributed by atoms with E-state index in [1.165, 1.54) is 6.07 Å². The zero-order valence-electron chi connectivity index (χ0n) is 11.1. The molecule has 18 heavy (non-hydrogen) atoms. The minimum atomic E-state index is -0.811. The smallest absolute Gasteiger partial charge is 0.131 e. The van der Waals surface area contributed by atoms with Crippen LogP contribution in [0.2, 0.25) is 0 Å². The van der Waals surface area contributed by atoms with Crippen LogP contribution in [0.5, 0.6) is 0 Å². The molecular weight excluding hydrogens is 233 g/mol. The van der Waals surface area contributed by atoms with E-state index in [1.54, 1.807) is 13.0 Å². The van der Waals surface area contributed by atoms with Crippen molar-refractivity contribution < 1.29 is 14.2 Å². The Morgan fingerprint density at radius 1 is 1.33 bits per heavy atom. The molecule has 3 atom stereocenters. The van der Waals surface area contributed by atoms with Crippen molar-refractivity contribution in [2.75, 3.05) is 18.0 Å². The van der Waals surface area contributed by atoms with Crippen LogP contribution in [0.1, 0.15) is 32.4 Å². The first-order valence-corrected chi connectivity index (χ1v) is 6.36. The van der Waals surface area contributed by atoms with Crippen LogP contribution in [0.4, 0.5) is 10.1 Å². The number of morpholine rings is 1. The van der Waals surface area contributed by atoms with Gasteiger partial charge in [0.1, 0.15) is 5.82 Å². The third-order valence-electron chi connectivity index (χ3n) is 3.21. The largest absolute Gasteiger partial charge is 0.389 e. The van der Waals surface area contributed by atoms with Crippen molar-refractivity contribution in [2.45, 2.75) is 39.1 Å². The Bertz CT molecular complexity index is 412. The molecule has 2 rings (SSSR count). The summed E-state index contributed by atoms with van der Waals surface area (Å²) in [5, 5.41) is 9.75. The van der Waals surface area contributed by atoms with Crippen LogP contribution in [-0.2, 0) is 4.74 Å². The van der Waals surface area contributed by atoms with Crippen LogP contribution in [0, 0.1) is 5.82 Å². The van der Waals surface area contributed by atoms with Crippen LogP contribution in [0.15, 0.2) is 18.2 Å². The van der Waals surface area contributed by atoms with Gasteiger partial charge in [-0.1, -0.05) is 6.07 Å². The summed E-state index contributed by atoms with van der Waals surface area (Å²) in [7, 11) is 0. The van der Waals surface area contributed by atoms with Gasteiger partial charge in [0.15, 0.2) is 0 Å². The van der Waals surface area contributed by atoms with Gasteiger partial charge in [-0.15, -0.1) is 0 Å². The zero-order chi connectivity index (χ0) is 13.3. The topological polar surface area (TPSA) is 32.7 Å². The highest BCUT2D eigenvalue weighted by Gasteiger charge is 2.26. The molecule has 0 aliphatic carbocycles. The lowest BCUT2D eigenvalue weighted by atomic mass is 10.0. The van der Waals surface area contributed by atoms with Crippen LogP contribution in [0.25, 0.3) is 0 Å². The van der Waals surface area contributed by atoms with Crippen molar-refractivity contribution >= 4 is 5.69 Å². The first kappa shape index (κ1) is 13.3. The molecule has 1 N–H and O–H groups in total. The maximum Gasteiger partial charge on any atom is 0.131 e. The van der Waals surface area contributed by atoms with Gasteiger partial charge in [0.2, 0.25) is 0 Å². The minimum Gasteiger partial charge on any atom is -0.389 e. The van der Waals surface area contributed by atoms with Gasteiger partial charge in [0.05, 0.1) is 18.3 Å². The van der Waals surface area contributed by atoms with Crippen molar-refractivity contribution in [2.24, 2.45) is 0 Å². The third-order valence-corrected chi connectivity index (χ3v) is 3.21. The third kappa shape index (κ3) is 2.65. The first-order valence-electron chi connectivity index (χ1n) is 6.36. The summed E-state index contributed by atoms with van der Waals surface area (Å²) < 4.78 is 19.5. The second-order valence-corrected chi connectivity index (χ2v) is 5.01. The predicted octanol–water partition coefficient (Wildman–Crippen LogP) is 2.49. The van der Waals surface area contributed by atoms with Gasteiger partial charge in [-0.25, -0.2) is 4.39 Å². The van der Waals surface area contributed by atoms with E-state index in [0.29, 0.717) is 18.7 Å². The average molecular weight is 253 g/mol. The van der Waals surface area contributed by atoms with Gasteiger partial charge in [0, 0.05) is 24.3 Å². The van der Waals surface area contributed by atoms with Gasteiger partial charge in [-0.3, -0.25) is 0 Å². The molecule has 1 aromatic rings. The van der Waals surface area contributed by atoms with Gasteiger partial charge in [-0.05, 0) is 32.9 Å². The Hall–Kier alpha value is -1.13. The number of benzene rings is 1. The second-order valence-electron chi connectivity index (χ2n) is 5.01. The summed E-state index contributed by atoms with van der Waals surface area (Å²) in [6.07, 6.45) is -0.590. The molecule has 100 valence electrons. The molecule has 1 aromatic carbocycles. The van der Waals surface area contributed by atoms with Crippen LogP contribution in [-0.4, -0.2) is 30.4 Å². The molecule has 1 fully saturated rings. The Balaban J connectivity index is 2.35. The summed E-state index contributed by atoms with van der Waals surface area (Å²) in [5.74, 6) is -0.353. The van der Waals surface area contributed by atoms with Gasteiger partial charge < -0.3 is 14.7 Å². The molecule has 2 unspecified atom stereocenters. The average Bonchev–Trinajstić information content (AvgIpc) is 2.26. The highest BCUT2D eigenvalue weighted by atomic mass is 19.1. The summed E-state index contributed by atoms with van der Waals surface area (Å²) >= 11 is 0. The van der Waals surface area contributed by atoms with Crippen molar-refractivity contribution in [3.8, 4) is 0 Å². The Morgan fingerprint density at radius 3 is 2.50 bits per heavy atom. The van der Waals surface area contributed by atoms with E-state index in [4.69, 9.17) is 4.74 Å². The fourth-order valence-electron chi connectivity index (χ4n) is 2.59. The number of anilines is 1. The summed E-state index contributed by atoms with van der Waals surface area (Å²) in [6.45, 7) is 7.03. The molecule has 1 aliphatic heterocycles.